The Kier molecular flexibility index (Phi) is 9.92. The van der Waals surface area contributed by atoms with Crippen molar-refractivity contribution in [3.63, 3.8) is 0 Å². The molecule has 0 fully saturated rings. The first-order valence-electron chi connectivity index (χ1n) is 13.2. The molecule has 10 heteroatoms. The smallest absolute Gasteiger partial charge is 0.328 e. The quantitative estimate of drug-likeness (QED) is 0.151. The summed E-state index contributed by atoms with van der Waals surface area (Å²) in [5.74, 6) is -1.12. The van der Waals surface area contributed by atoms with Crippen LogP contribution in [0.25, 0.3) is 0 Å². The maximum atomic E-state index is 13.1. The predicted octanol–water partition coefficient (Wildman–Crippen LogP) is 9.02. The first-order valence-corrected chi connectivity index (χ1v) is 15.5. The Morgan fingerprint density at radius 1 is 0.905 bits per heavy atom. The van der Waals surface area contributed by atoms with Gasteiger partial charge >= 0.3 is 5.97 Å². The Labute approximate surface area is 269 Å². The number of hydrogen-bond acceptors (Lipinski definition) is 5. The Morgan fingerprint density at radius 3 is 2.19 bits per heavy atom. The molecule has 1 amide bonds. The lowest BCUT2D eigenvalue weighted by Crippen LogP contribution is -2.43. The molecule has 0 radical (unpaired) electrons. The fourth-order valence-corrected chi connectivity index (χ4v) is 7.41. The Morgan fingerprint density at radius 2 is 1.55 bits per heavy atom. The van der Waals surface area contributed by atoms with Crippen LogP contribution in [0, 0.1) is 0 Å². The fourth-order valence-electron chi connectivity index (χ4n) is 5.07. The highest BCUT2D eigenvalue weighted by Crippen LogP contribution is 2.48. The van der Waals surface area contributed by atoms with E-state index in [0.29, 0.717) is 10.0 Å². The largest absolute Gasteiger partial charge is 0.467 e. The van der Waals surface area contributed by atoms with E-state index in [0.717, 1.165) is 40.1 Å². The van der Waals surface area contributed by atoms with Gasteiger partial charge in [0.15, 0.2) is 0 Å². The van der Waals surface area contributed by atoms with Crippen LogP contribution < -0.4 is 9.62 Å². The molecule has 5 nitrogen and oxygen atoms in total. The molecule has 5 rings (SSSR count). The number of esters is 1. The molecule has 0 saturated heterocycles. The minimum atomic E-state index is -0.944. The second kappa shape index (κ2) is 13.6. The molecular formula is C32H26Cl4N2O3S. The molecule has 1 heterocycles. The van der Waals surface area contributed by atoms with E-state index in [9.17, 15) is 9.59 Å². The van der Waals surface area contributed by atoms with Crippen LogP contribution in [-0.2, 0) is 22.4 Å². The molecule has 0 saturated carbocycles. The summed E-state index contributed by atoms with van der Waals surface area (Å²) in [6, 6.07) is 25.6. The minimum Gasteiger partial charge on any atom is -0.467 e. The van der Waals surface area contributed by atoms with Crippen LogP contribution in [0.2, 0.25) is 20.1 Å². The molecule has 42 heavy (non-hydrogen) atoms. The normalized spacial score (nSPS) is 15.1. The number of benzene rings is 4. The number of methoxy groups -OCH3 is 1. The molecular weight excluding hydrogens is 634 g/mol. The highest BCUT2D eigenvalue weighted by atomic mass is 35.5. The molecule has 1 aliphatic heterocycles. The van der Waals surface area contributed by atoms with Gasteiger partial charge < -0.3 is 14.4 Å². The summed E-state index contributed by atoms with van der Waals surface area (Å²) in [5, 5.41) is 4.40. The Bertz CT molecular complexity index is 1580. The average Bonchev–Trinajstić information content (AvgIpc) is 2.97. The van der Waals surface area contributed by atoms with Crippen molar-refractivity contribution in [1.29, 1.82) is 0 Å². The molecule has 216 valence electrons. The molecule has 0 spiro atoms. The lowest BCUT2D eigenvalue weighted by molar-refractivity contribution is -0.142. The van der Waals surface area contributed by atoms with Crippen molar-refractivity contribution in [3.8, 4) is 0 Å². The topological polar surface area (TPSA) is 58.6 Å². The van der Waals surface area contributed by atoms with Crippen molar-refractivity contribution in [3.05, 3.63) is 127 Å². The molecule has 0 bridgehead atoms. The summed E-state index contributed by atoms with van der Waals surface area (Å²) in [6.07, 6.45) is 1.77. The molecule has 4 aromatic rings. The van der Waals surface area contributed by atoms with Crippen LogP contribution in [0.4, 0.5) is 5.69 Å². The summed E-state index contributed by atoms with van der Waals surface area (Å²) in [4.78, 5) is 26.9. The van der Waals surface area contributed by atoms with Gasteiger partial charge in [0.05, 0.1) is 34.4 Å². The molecule has 4 aromatic carbocycles. The van der Waals surface area contributed by atoms with Gasteiger partial charge in [0.2, 0.25) is 0 Å². The maximum absolute atomic E-state index is 13.1. The molecule has 1 aliphatic rings. The van der Waals surface area contributed by atoms with Gasteiger partial charge in [0.1, 0.15) is 6.04 Å². The van der Waals surface area contributed by atoms with Crippen LogP contribution in [0.5, 0.6) is 0 Å². The van der Waals surface area contributed by atoms with Crippen LogP contribution in [-0.4, -0.2) is 25.0 Å². The van der Waals surface area contributed by atoms with Gasteiger partial charge in [-0.3, -0.25) is 4.79 Å². The third-order valence-corrected chi connectivity index (χ3v) is 9.47. The minimum absolute atomic E-state index is 0.0581. The standard InChI is InChI=1S/C32H26Cl4N2O3S/c1-41-32(40)26(37-31(39)30-24(35)11-6-12-25(30)36)18-19-13-15-27-20(17-19)14-16-28(29-22(33)9-5-10-23(29)34)38(27)42-21-7-3-2-4-8-21/h2-13,15,17,26,28H,14,16,18H2,1H3,(H,37,39). The molecule has 0 aromatic heterocycles. The number of fused-ring (bicyclic) bond motifs is 1. The van der Waals surface area contributed by atoms with Crippen molar-refractivity contribution in [2.45, 2.75) is 36.2 Å². The second-order valence-electron chi connectivity index (χ2n) is 9.73. The third-order valence-electron chi connectivity index (χ3n) is 7.05. The van der Waals surface area contributed by atoms with Crippen molar-refractivity contribution in [2.75, 3.05) is 11.4 Å². The van der Waals surface area contributed by atoms with Crippen molar-refractivity contribution in [1.82, 2.24) is 5.32 Å². The summed E-state index contributed by atoms with van der Waals surface area (Å²) in [5.41, 5.74) is 4.01. The van der Waals surface area contributed by atoms with Gasteiger partial charge in [-0.15, -0.1) is 0 Å². The number of rotatable bonds is 8. The van der Waals surface area contributed by atoms with E-state index in [1.165, 1.54) is 7.11 Å². The summed E-state index contributed by atoms with van der Waals surface area (Å²) in [6.45, 7) is 0. The first kappa shape index (κ1) is 30.6. The van der Waals surface area contributed by atoms with Gasteiger partial charge in [0, 0.05) is 26.9 Å². The number of nitrogens with one attached hydrogen (secondary N) is 1. The van der Waals surface area contributed by atoms with Gasteiger partial charge in [-0.1, -0.05) is 88.9 Å². The van der Waals surface area contributed by atoms with Gasteiger partial charge in [-0.25, -0.2) is 4.79 Å². The fraction of sp³-hybridized carbons (Fsp3) is 0.188. The Hall–Kier alpha value is -2.87. The van der Waals surface area contributed by atoms with Crippen LogP contribution >= 0.6 is 58.4 Å². The van der Waals surface area contributed by atoms with Gasteiger partial charge in [-0.2, -0.15) is 0 Å². The number of nitrogens with zero attached hydrogens (tertiary/aromatic N) is 1. The Balaban J connectivity index is 1.45. The van der Waals surface area contributed by atoms with E-state index in [1.807, 2.05) is 48.5 Å². The summed E-state index contributed by atoms with van der Waals surface area (Å²) >= 11 is 27.4. The number of hydrogen-bond donors (Lipinski definition) is 1. The SMILES string of the molecule is COC(=O)C(Cc1ccc2c(c1)CCC(c1c(Cl)cccc1Cl)N2Sc1ccccc1)NC(=O)c1c(Cl)cccc1Cl. The lowest BCUT2D eigenvalue weighted by Gasteiger charge is -2.39. The van der Waals surface area contributed by atoms with Crippen LogP contribution in [0.15, 0.2) is 89.8 Å². The number of halogens is 4. The van der Waals surface area contributed by atoms with E-state index >= 15 is 0 Å². The summed E-state index contributed by atoms with van der Waals surface area (Å²) in [7, 11) is 1.29. The zero-order valence-electron chi connectivity index (χ0n) is 22.5. The van der Waals surface area contributed by atoms with Crippen molar-refractivity contribution < 1.29 is 14.3 Å². The number of ether oxygens (including phenoxy) is 1. The number of anilines is 1. The molecule has 2 unspecified atom stereocenters. The maximum Gasteiger partial charge on any atom is 0.328 e. The zero-order valence-corrected chi connectivity index (χ0v) is 26.3. The van der Waals surface area contributed by atoms with Crippen LogP contribution in [0.3, 0.4) is 0 Å². The zero-order chi connectivity index (χ0) is 29.8. The lowest BCUT2D eigenvalue weighted by atomic mass is 9.91. The third kappa shape index (κ3) is 6.69. The van der Waals surface area contributed by atoms with E-state index < -0.39 is 17.9 Å². The van der Waals surface area contributed by atoms with Crippen LogP contribution in [0.1, 0.15) is 39.5 Å². The monoisotopic (exact) mass is 658 g/mol. The van der Waals surface area contributed by atoms with E-state index in [1.54, 1.807) is 30.1 Å². The predicted molar refractivity (Wildman–Crippen MR) is 172 cm³/mol. The molecule has 0 aliphatic carbocycles. The number of carbonyl (C=O) groups is 2. The average molecular weight is 660 g/mol. The molecule has 2 atom stereocenters. The van der Waals surface area contributed by atoms with Crippen molar-refractivity contribution in [2.24, 2.45) is 0 Å². The second-order valence-corrected chi connectivity index (χ2v) is 12.4. The van der Waals surface area contributed by atoms with Gasteiger partial charge in [-0.05, 0) is 78.4 Å². The number of amides is 1. The first-order chi connectivity index (χ1) is 20.3. The summed E-state index contributed by atoms with van der Waals surface area (Å²) < 4.78 is 7.26. The highest BCUT2D eigenvalue weighted by Gasteiger charge is 2.32. The number of aryl methyl sites for hydroxylation is 1. The number of carbonyl (C=O) groups excluding carboxylic acids is 2. The highest BCUT2D eigenvalue weighted by molar-refractivity contribution is 8.00. The van der Waals surface area contributed by atoms with E-state index in [-0.39, 0.29) is 28.1 Å². The molecule has 1 N–H and O–H groups in total. The van der Waals surface area contributed by atoms with Gasteiger partial charge in [0.25, 0.3) is 5.91 Å². The van der Waals surface area contributed by atoms with E-state index in [4.69, 9.17) is 51.1 Å². The van der Waals surface area contributed by atoms with E-state index in [2.05, 4.69) is 27.8 Å². The van der Waals surface area contributed by atoms with Crippen molar-refractivity contribution >= 4 is 75.9 Å².